The Hall–Kier alpha value is -0.350. The molecule has 0 aromatic heterocycles. The Bertz CT molecular complexity index is 618. The first-order chi connectivity index (χ1) is 15.4. The van der Waals surface area contributed by atoms with Gasteiger partial charge in [-0.2, -0.15) is 0 Å². The van der Waals surface area contributed by atoms with Crippen molar-refractivity contribution >= 4 is 21.6 Å². The minimum absolute atomic E-state index is 0.00374. The van der Waals surface area contributed by atoms with Crippen LogP contribution in [-0.2, 0) is 32.0 Å². The number of amides is 1. The van der Waals surface area contributed by atoms with E-state index in [-0.39, 0.29) is 44.2 Å². The summed E-state index contributed by atoms with van der Waals surface area (Å²) in [6.07, 6.45) is 4.08. The van der Waals surface area contributed by atoms with Crippen LogP contribution in [-0.4, -0.2) is 59.9 Å². The van der Waals surface area contributed by atoms with Crippen LogP contribution in [0.1, 0.15) is 72.6 Å². The van der Waals surface area contributed by atoms with Gasteiger partial charge in [-0.25, -0.2) is 9.13 Å². The van der Waals surface area contributed by atoms with E-state index in [0.29, 0.717) is 38.6 Å². The van der Waals surface area contributed by atoms with Crippen LogP contribution in [0.15, 0.2) is 0 Å². The molecule has 0 bridgehead atoms. The van der Waals surface area contributed by atoms with Gasteiger partial charge in [-0.3, -0.25) is 22.9 Å². The van der Waals surface area contributed by atoms with Crippen molar-refractivity contribution in [2.45, 2.75) is 78.7 Å². The highest BCUT2D eigenvalue weighted by Gasteiger charge is 2.23. The van der Waals surface area contributed by atoms with Gasteiger partial charge in [-0.1, -0.05) is 33.1 Å². The molecule has 0 spiro atoms. The standard InChI is InChI=1S/C20H43NO10P2/c1-17(2)20(23)21-12-8-7-11-19(15-22)16-30-32(24,25)28-13-9-5-6-10-14-29-33(26,27)31-18(3)4/h17-19,22H,5-16H2,1-4H3,(H,21,23)(H,24,25)(H,26,27). The highest BCUT2D eigenvalue weighted by molar-refractivity contribution is 7.47. The summed E-state index contributed by atoms with van der Waals surface area (Å²) in [7, 11) is -8.22. The Morgan fingerprint density at radius 2 is 1.42 bits per heavy atom. The first-order valence-electron chi connectivity index (χ1n) is 11.5. The maximum Gasteiger partial charge on any atom is 0.472 e. The van der Waals surface area contributed by atoms with Gasteiger partial charge in [0.05, 0.1) is 25.9 Å². The average molecular weight is 520 g/mol. The van der Waals surface area contributed by atoms with Crippen molar-refractivity contribution in [2.24, 2.45) is 11.8 Å². The van der Waals surface area contributed by atoms with Crippen LogP contribution in [0.3, 0.4) is 0 Å². The van der Waals surface area contributed by atoms with Crippen molar-refractivity contribution < 1.29 is 46.9 Å². The van der Waals surface area contributed by atoms with Crippen LogP contribution < -0.4 is 5.32 Å². The van der Waals surface area contributed by atoms with Gasteiger partial charge >= 0.3 is 15.6 Å². The zero-order chi connectivity index (χ0) is 25.3. The first-order valence-corrected chi connectivity index (χ1v) is 14.5. The Morgan fingerprint density at radius 1 is 0.848 bits per heavy atom. The van der Waals surface area contributed by atoms with Crippen LogP contribution in [0.4, 0.5) is 0 Å². The molecule has 3 atom stereocenters. The third-order valence-electron chi connectivity index (χ3n) is 4.49. The summed E-state index contributed by atoms with van der Waals surface area (Å²) < 4.78 is 43.1. The molecule has 4 N–H and O–H groups in total. The highest BCUT2D eigenvalue weighted by Crippen LogP contribution is 2.45. The number of hydrogen-bond acceptors (Lipinski definition) is 8. The summed E-state index contributed by atoms with van der Waals surface area (Å²) in [5, 5.41) is 12.3. The fourth-order valence-corrected chi connectivity index (χ4v) is 4.44. The molecule has 0 aromatic rings. The molecular formula is C20H43NO10P2. The number of carbonyl (C=O) groups excluding carboxylic acids is 1. The number of hydrogen-bond donors (Lipinski definition) is 4. The molecule has 0 saturated carbocycles. The van der Waals surface area contributed by atoms with E-state index in [2.05, 4.69) is 5.32 Å². The lowest BCUT2D eigenvalue weighted by atomic mass is 10.0. The molecule has 11 nitrogen and oxygen atoms in total. The monoisotopic (exact) mass is 519 g/mol. The number of phosphoric ester groups is 2. The van der Waals surface area contributed by atoms with Crippen molar-refractivity contribution in [1.82, 2.24) is 5.32 Å². The summed E-state index contributed by atoms with van der Waals surface area (Å²) in [4.78, 5) is 30.7. The summed E-state index contributed by atoms with van der Waals surface area (Å²) in [6.45, 7) is 7.30. The topological polar surface area (TPSA) is 161 Å². The van der Waals surface area contributed by atoms with Gasteiger partial charge in [0, 0.05) is 25.0 Å². The van der Waals surface area contributed by atoms with Gasteiger partial charge in [0.25, 0.3) is 0 Å². The lowest BCUT2D eigenvalue weighted by molar-refractivity contribution is -0.123. The Labute approximate surface area is 197 Å². The van der Waals surface area contributed by atoms with E-state index in [4.69, 9.17) is 18.1 Å². The molecule has 198 valence electrons. The van der Waals surface area contributed by atoms with Crippen molar-refractivity contribution in [3.8, 4) is 0 Å². The quantitative estimate of drug-likeness (QED) is 0.130. The predicted molar refractivity (Wildman–Crippen MR) is 124 cm³/mol. The molecule has 3 unspecified atom stereocenters. The molecule has 13 heteroatoms. The summed E-state index contributed by atoms with van der Waals surface area (Å²) >= 11 is 0. The van der Waals surface area contributed by atoms with E-state index < -0.39 is 21.7 Å². The number of carbonyl (C=O) groups is 1. The van der Waals surface area contributed by atoms with Gasteiger partial charge in [-0.05, 0) is 39.5 Å². The van der Waals surface area contributed by atoms with Crippen molar-refractivity contribution in [3.05, 3.63) is 0 Å². The molecule has 0 fully saturated rings. The largest absolute Gasteiger partial charge is 0.472 e. The van der Waals surface area contributed by atoms with Crippen molar-refractivity contribution in [2.75, 3.05) is 33.0 Å². The van der Waals surface area contributed by atoms with E-state index >= 15 is 0 Å². The van der Waals surface area contributed by atoms with Crippen LogP contribution >= 0.6 is 15.6 Å². The Balaban J connectivity index is 3.86. The van der Waals surface area contributed by atoms with Gasteiger partial charge in [0.1, 0.15) is 0 Å². The molecule has 1 amide bonds. The van der Waals surface area contributed by atoms with Gasteiger partial charge in [-0.15, -0.1) is 0 Å². The molecule has 33 heavy (non-hydrogen) atoms. The van der Waals surface area contributed by atoms with Crippen LogP contribution in [0.5, 0.6) is 0 Å². The number of phosphoric acid groups is 2. The molecule has 0 heterocycles. The second-order valence-electron chi connectivity index (χ2n) is 8.46. The van der Waals surface area contributed by atoms with E-state index in [9.17, 15) is 28.8 Å². The molecule has 0 aliphatic rings. The summed E-state index contributed by atoms with van der Waals surface area (Å²) in [6, 6.07) is 0. The number of aliphatic hydroxyl groups is 1. The smallest absolute Gasteiger partial charge is 0.396 e. The first kappa shape index (κ1) is 32.7. The molecule has 0 rings (SSSR count). The fourth-order valence-electron chi connectivity index (χ4n) is 2.65. The summed E-state index contributed by atoms with van der Waals surface area (Å²) in [5.41, 5.74) is 0. The molecule has 0 aliphatic carbocycles. The molecular weight excluding hydrogens is 476 g/mol. The van der Waals surface area contributed by atoms with Crippen LogP contribution in [0, 0.1) is 11.8 Å². The minimum atomic E-state index is -4.20. The number of nitrogens with one attached hydrogen (secondary N) is 1. The van der Waals surface area contributed by atoms with Crippen LogP contribution in [0.2, 0.25) is 0 Å². The fraction of sp³-hybridized carbons (Fsp3) is 0.950. The molecule has 0 aliphatic heterocycles. The van der Waals surface area contributed by atoms with Crippen LogP contribution in [0.25, 0.3) is 0 Å². The Kier molecular flexibility index (Phi) is 17.8. The Morgan fingerprint density at radius 3 is 1.94 bits per heavy atom. The maximum absolute atomic E-state index is 12.0. The molecule has 0 radical (unpaired) electrons. The van der Waals surface area contributed by atoms with Gasteiger partial charge < -0.3 is 20.2 Å². The lowest BCUT2D eigenvalue weighted by Crippen LogP contribution is -2.28. The normalized spacial score (nSPS) is 16.5. The zero-order valence-electron chi connectivity index (χ0n) is 20.3. The third kappa shape index (κ3) is 19.6. The van der Waals surface area contributed by atoms with E-state index in [0.717, 1.165) is 12.8 Å². The highest BCUT2D eigenvalue weighted by atomic mass is 31.2. The average Bonchev–Trinajstić information content (AvgIpc) is 2.70. The SMILES string of the molecule is CC(C)OP(=O)(O)OCCCCCCOP(=O)(O)OCC(CO)CCCCNC(=O)C(C)C. The van der Waals surface area contributed by atoms with Gasteiger partial charge in [0.15, 0.2) is 0 Å². The van der Waals surface area contributed by atoms with Crippen molar-refractivity contribution in [3.63, 3.8) is 0 Å². The number of unbranched alkanes of at least 4 members (excludes halogenated alkanes) is 4. The second kappa shape index (κ2) is 18.0. The number of aliphatic hydroxyl groups excluding tert-OH is 1. The van der Waals surface area contributed by atoms with E-state index in [1.165, 1.54) is 0 Å². The number of rotatable bonds is 21. The summed E-state index contributed by atoms with van der Waals surface area (Å²) in [5.74, 6) is -0.361. The van der Waals surface area contributed by atoms with Gasteiger partial charge in [0.2, 0.25) is 5.91 Å². The lowest BCUT2D eigenvalue weighted by Gasteiger charge is -2.17. The van der Waals surface area contributed by atoms with Crippen molar-refractivity contribution in [1.29, 1.82) is 0 Å². The van der Waals surface area contributed by atoms with E-state index in [1.54, 1.807) is 13.8 Å². The minimum Gasteiger partial charge on any atom is -0.396 e. The molecule has 0 saturated heterocycles. The second-order valence-corrected chi connectivity index (χ2v) is 11.3. The predicted octanol–water partition coefficient (Wildman–Crippen LogP) is 3.77. The third-order valence-corrected chi connectivity index (χ3v) is 6.67. The molecule has 0 aromatic carbocycles. The maximum atomic E-state index is 12.0. The zero-order valence-corrected chi connectivity index (χ0v) is 22.1. The van der Waals surface area contributed by atoms with E-state index in [1.807, 2.05) is 13.8 Å².